The average Bonchev–Trinajstić information content (AvgIpc) is 2.61. The molecule has 1 unspecified atom stereocenters. The molecule has 0 saturated heterocycles. The first-order chi connectivity index (χ1) is 12.4. The molecule has 0 fully saturated rings. The van der Waals surface area contributed by atoms with Gasteiger partial charge in [-0.25, -0.2) is 9.97 Å². The molecular weight excluding hydrogens is 344 g/mol. The molecule has 0 radical (unpaired) electrons. The number of hydrogen-bond donors (Lipinski definition) is 1. The Hall–Kier alpha value is -3.56. The van der Waals surface area contributed by atoms with Crippen LogP contribution in [0.25, 0.3) is 0 Å². The molecule has 26 heavy (non-hydrogen) atoms. The van der Waals surface area contributed by atoms with Crippen molar-refractivity contribution in [3.05, 3.63) is 58.0 Å². The highest BCUT2D eigenvalue weighted by Gasteiger charge is 2.35. The largest absolute Gasteiger partial charge is 0.465 e. The Morgan fingerprint density at radius 1 is 1.23 bits per heavy atom. The van der Waals surface area contributed by atoms with Gasteiger partial charge in [0.1, 0.15) is 12.8 Å². The summed E-state index contributed by atoms with van der Waals surface area (Å²) in [6, 6.07) is 8.83. The Morgan fingerprint density at radius 2 is 1.88 bits per heavy atom. The second-order valence-electron chi connectivity index (χ2n) is 5.03. The number of carbonyl (C=O) groups excluding carboxylic acids is 2. The monoisotopic (exact) mass is 360 g/mol. The Labute approximate surface area is 148 Å². The molecule has 0 bridgehead atoms. The van der Waals surface area contributed by atoms with Crippen LogP contribution in [0.3, 0.4) is 0 Å². The van der Waals surface area contributed by atoms with Crippen LogP contribution in [0.5, 0.6) is 0 Å². The van der Waals surface area contributed by atoms with E-state index in [0.29, 0.717) is 5.56 Å². The van der Waals surface area contributed by atoms with Gasteiger partial charge in [-0.1, -0.05) is 30.3 Å². The van der Waals surface area contributed by atoms with Gasteiger partial charge in [-0.15, -0.1) is 0 Å². The normalized spacial score (nSPS) is 11.4. The highest BCUT2D eigenvalue weighted by molar-refractivity contribution is 6.00. The Kier molecular flexibility index (Phi) is 6.15. The molecule has 0 aliphatic rings. The second-order valence-corrected chi connectivity index (χ2v) is 5.03. The molecule has 136 valence electrons. The van der Waals surface area contributed by atoms with E-state index in [0.717, 1.165) is 6.20 Å². The summed E-state index contributed by atoms with van der Waals surface area (Å²) in [4.78, 5) is 42.0. The van der Waals surface area contributed by atoms with Crippen LogP contribution in [0.4, 0.5) is 11.5 Å². The summed E-state index contributed by atoms with van der Waals surface area (Å²) in [6.07, 6.45) is 0.828. The molecule has 0 aliphatic carbocycles. The molecule has 2 N–H and O–H groups in total. The smallest absolute Gasteiger partial charge is 0.329 e. The summed E-state index contributed by atoms with van der Waals surface area (Å²) in [6.45, 7) is 1.51. The number of rotatable bonds is 7. The summed E-state index contributed by atoms with van der Waals surface area (Å²) in [5.74, 6) is -4.27. The molecule has 2 aromatic rings. The third-order valence-electron chi connectivity index (χ3n) is 3.25. The van der Waals surface area contributed by atoms with Gasteiger partial charge in [0.15, 0.2) is 5.82 Å². The fourth-order valence-electron chi connectivity index (χ4n) is 2.03. The average molecular weight is 360 g/mol. The van der Waals surface area contributed by atoms with Gasteiger partial charge in [0.05, 0.1) is 11.5 Å². The van der Waals surface area contributed by atoms with Crippen LogP contribution in [-0.2, 0) is 25.7 Å². The van der Waals surface area contributed by atoms with Crippen LogP contribution in [0.1, 0.15) is 24.2 Å². The van der Waals surface area contributed by atoms with E-state index in [2.05, 4.69) is 9.97 Å². The van der Waals surface area contributed by atoms with Gasteiger partial charge in [0, 0.05) is 0 Å². The first-order valence-corrected chi connectivity index (χ1v) is 7.58. The zero-order chi connectivity index (χ0) is 19.1. The van der Waals surface area contributed by atoms with Crippen molar-refractivity contribution >= 4 is 23.4 Å². The first kappa shape index (κ1) is 18.8. The molecule has 0 spiro atoms. The zero-order valence-electron chi connectivity index (χ0n) is 13.8. The lowest BCUT2D eigenvalue weighted by atomic mass is 10.1. The lowest BCUT2D eigenvalue weighted by Gasteiger charge is -2.14. The van der Waals surface area contributed by atoms with Crippen LogP contribution in [-0.4, -0.2) is 33.4 Å². The molecule has 2 rings (SSSR count). The number of nitrogens with zero attached hydrogens (tertiary/aromatic N) is 3. The number of nitrogens with two attached hydrogens (primary N) is 1. The van der Waals surface area contributed by atoms with Crippen LogP contribution in [0.15, 0.2) is 36.5 Å². The number of ether oxygens (including phenoxy) is 2. The number of hydrogen-bond acceptors (Lipinski definition) is 9. The summed E-state index contributed by atoms with van der Waals surface area (Å²) in [7, 11) is 0. The fourth-order valence-corrected chi connectivity index (χ4v) is 2.03. The topological polar surface area (TPSA) is 148 Å². The first-order valence-electron chi connectivity index (χ1n) is 7.58. The maximum atomic E-state index is 12.4. The van der Waals surface area contributed by atoms with Crippen molar-refractivity contribution < 1.29 is 24.0 Å². The lowest BCUT2D eigenvalue weighted by molar-refractivity contribution is -0.384. The highest BCUT2D eigenvalue weighted by atomic mass is 16.6. The third-order valence-corrected chi connectivity index (χ3v) is 3.25. The molecule has 1 aromatic carbocycles. The van der Waals surface area contributed by atoms with Gasteiger partial charge < -0.3 is 15.2 Å². The van der Waals surface area contributed by atoms with Crippen LogP contribution in [0.2, 0.25) is 0 Å². The number of benzene rings is 1. The van der Waals surface area contributed by atoms with Gasteiger partial charge >= 0.3 is 17.6 Å². The Balaban J connectivity index is 2.25. The van der Waals surface area contributed by atoms with Crippen molar-refractivity contribution in [3.63, 3.8) is 0 Å². The van der Waals surface area contributed by atoms with Crippen molar-refractivity contribution in [2.75, 3.05) is 12.3 Å². The van der Waals surface area contributed by atoms with E-state index >= 15 is 0 Å². The highest BCUT2D eigenvalue weighted by Crippen LogP contribution is 2.22. The summed E-state index contributed by atoms with van der Waals surface area (Å²) >= 11 is 0. The minimum Gasteiger partial charge on any atom is -0.465 e. The number of nitrogen functional groups attached to an aromatic ring is 1. The molecule has 0 aliphatic heterocycles. The Morgan fingerprint density at radius 3 is 2.46 bits per heavy atom. The summed E-state index contributed by atoms with van der Waals surface area (Å²) < 4.78 is 9.99. The van der Waals surface area contributed by atoms with Gasteiger partial charge in [0.25, 0.3) is 0 Å². The van der Waals surface area contributed by atoms with Crippen molar-refractivity contribution in [2.24, 2.45) is 0 Å². The number of carbonyl (C=O) groups is 2. The minimum atomic E-state index is -1.60. The number of nitro groups is 1. The van der Waals surface area contributed by atoms with E-state index in [9.17, 15) is 19.7 Å². The summed E-state index contributed by atoms with van der Waals surface area (Å²) in [5, 5.41) is 10.8. The van der Waals surface area contributed by atoms with Crippen molar-refractivity contribution in [3.8, 4) is 0 Å². The summed E-state index contributed by atoms with van der Waals surface area (Å²) in [5.41, 5.74) is 5.68. The third kappa shape index (κ3) is 4.50. The van der Waals surface area contributed by atoms with Crippen LogP contribution in [0, 0.1) is 10.1 Å². The van der Waals surface area contributed by atoms with E-state index in [-0.39, 0.29) is 19.0 Å². The minimum absolute atomic E-state index is 0.0176. The number of anilines is 1. The molecule has 10 heteroatoms. The molecule has 1 atom stereocenters. The van der Waals surface area contributed by atoms with Crippen molar-refractivity contribution in [1.29, 1.82) is 0 Å². The number of esters is 2. The van der Waals surface area contributed by atoms with Crippen molar-refractivity contribution in [2.45, 2.75) is 19.4 Å². The molecule has 1 aromatic heterocycles. The van der Waals surface area contributed by atoms with Crippen LogP contribution < -0.4 is 5.73 Å². The van der Waals surface area contributed by atoms with E-state index in [1.165, 1.54) is 0 Å². The van der Waals surface area contributed by atoms with E-state index in [1.807, 2.05) is 0 Å². The van der Waals surface area contributed by atoms with E-state index < -0.39 is 34.3 Å². The lowest BCUT2D eigenvalue weighted by Crippen LogP contribution is -2.28. The molecule has 10 nitrogen and oxygen atoms in total. The maximum absolute atomic E-state index is 12.4. The van der Waals surface area contributed by atoms with Crippen LogP contribution >= 0.6 is 0 Å². The second kappa shape index (κ2) is 8.51. The van der Waals surface area contributed by atoms with E-state index in [1.54, 1.807) is 37.3 Å². The maximum Gasteiger partial charge on any atom is 0.329 e. The molecular formula is C16H16N4O6. The van der Waals surface area contributed by atoms with Gasteiger partial charge in [-0.2, -0.15) is 0 Å². The SMILES string of the molecule is CCOC(=O)C(C(=O)OCc1ccccc1)c1ncc([N+](=O)[O-])c(N)n1. The van der Waals surface area contributed by atoms with Crippen molar-refractivity contribution in [1.82, 2.24) is 9.97 Å². The fraction of sp³-hybridized carbons (Fsp3) is 0.250. The quantitative estimate of drug-likeness (QED) is 0.334. The predicted octanol–water partition coefficient (Wildman–Crippen LogP) is 1.36. The Bertz CT molecular complexity index is 812. The standard InChI is InChI=1S/C16H16N4O6/c1-2-25-15(21)12(14-18-8-11(20(23)24)13(17)19-14)16(22)26-9-10-6-4-3-5-7-10/h3-8,12H,2,9H2,1H3,(H2,17,18,19). The molecule has 0 amide bonds. The van der Waals surface area contributed by atoms with Gasteiger partial charge in [0.2, 0.25) is 11.7 Å². The van der Waals surface area contributed by atoms with Gasteiger partial charge in [-0.05, 0) is 12.5 Å². The van der Waals surface area contributed by atoms with E-state index in [4.69, 9.17) is 15.2 Å². The molecule has 1 heterocycles. The molecule has 0 saturated carbocycles. The zero-order valence-corrected chi connectivity index (χ0v) is 13.8. The van der Waals surface area contributed by atoms with Gasteiger partial charge in [-0.3, -0.25) is 19.7 Å². The predicted molar refractivity (Wildman–Crippen MR) is 88.7 cm³/mol. The number of aromatic nitrogens is 2.